The second kappa shape index (κ2) is 7.00. The van der Waals surface area contributed by atoms with E-state index in [-0.39, 0.29) is 18.2 Å². The van der Waals surface area contributed by atoms with Gasteiger partial charge in [0.1, 0.15) is 0 Å². The van der Waals surface area contributed by atoms with E-state index in [4.69, 9.17) is 0 Å². The van der Waals surface area contributed by atoms with Crippen LogP contribution in [0, 0.1) is 0 Å². The molecule has 3 rings (SSSR count). The lowest BCUT2D eigenvalue weighted by atomic mass is 9.93. The molecule has 23 heavy (non-hydrogen) atoms. The number of aromatic nitrogens is 2. The molecule has 0 spiro atoms. The van der Waals surface area contributed by atoms with Crippen molar-refractivity contribution >= 4 is 16.9 Å². The van der Waals surface area contributed by atoms with Crippen molar-refractivity contribution in [3.05, 3.63) is 30.0 Å². The molecule has 0 aliphatic heterocycles. The van der Waals surface area contributed by atoms with Crippen LogP contribution in [0.3, 0.4) is 0 Å². The second-order valence-corrected chi connectivity index (χ2v) is 6.24. The maximum Gasteiger partial charge on any atom is 0.315 e. The van der Waals surface area contributed by atoms with Gasteiger partial charge in [-0.1, -0.05) is 18.2 Å². The zero-order valence-corrected chi connectivity index (χ0v) is 13.5. The standard InChI is InChI=1S/C17H24N4O2/c1-21-16-5-3-2-4-14(16)15(20-21)10-11-18-17(23)19-12-6-8-13(22)9-7-12/h2-5,12-13,22H,6-11H2,1H3,(H2,18,19,23). The van der Waals surface area contributed by atoms with E-state index < -0.39 is 0 Å². The third-order valence-electron chi connectivity index (χ3n) is 4.51. The van der Waals surface area contributed by atoms with Gasteiger partial charge in [0.05, 0.1) is 17.3 Å². The molecule has 2 amide bonds. The molecule has 1 fully saturated rings. The number of fused-ring (bicyclic) bond motifs is 1. The lowest BCUT2D eigenvalue weighted by molar-refractivity contribution is 0.117. The SMILES string of the molecule is Cn1nc(CCNC(=O)NC2CCC(O)CC2)c2ccccc21. The normalized spacial score (nSPS) is 21.3. The van der Waals surface area contributed by atoms with Crippen LogP contribution in [0.2, 0.25) is 0 Å². The zero-order valence-electron chi connectivity index (χ0n) is 13.5. The minimum absolute atomic E-state index is 0.133. The van der Waals surface area contributed by atoms with Crippen LogP contribution in [0.5, 0.6) is 0 Å². The molecule has 2 aromatic rings. The lowest BCUT2D eigenvalue weighted by Crippen LogP contribution is -2.44. The first-order valence-electron chi connectivity index (χ1n) is 8.26. The zero-order chi connectivity index (χ0) is 16.2. The van der Waals surface area contributed by atoms with Crippen LogP contribution in [-0.2, 0) is 13.5 Å². The fraction of sp³-hybridized carbons (Fsp3) is 0.529. The van der Waals surface area contributed by atoms with Crippen LogP contribution in [0.1, 0.15) is 31.4 Å². The Morgan fingerprint density at radius 3 is 2.83 bits per heavy atom. The number of amides is 2. The summed E-state index contributed by atoms with van der Waals surface area (Å²) in [6.07, 6.45) is 3.74. The quantitative estimate of drug-likeness (QED) is 0.803. The number of aliphatic hydroxyl groups excluding tert-OH is 1. The van der Waals surface area contributed by atoms with Crippen LogP contribution < -0.4 is 10.6 Å². The maximum atomic E-state index is 11.9. The molecule has 1 heterocycles. The molecule has 0 unspecified atom stereocenters. The minimum atomic E-state index is -0.200. The molecule has 1 aliphatic carbocycles. The number of carbonyl (C=O) groups is 1. The Morgan fingerprint density at radius 1 is 1.30 bits per heavy atom. The van der Waals surface area contributed by atoms with Gasteiger partial charge in [-0.05, 0) is 31.7 Å². The van der Waals surface area contributed by atoms with Gasteiger partial charge < -0.3 is 15.7 Å². The first-order valence-corrected chi connectivity index (χ1v) is 8.26. The Kier molecular flexibility index (Phi) is 4.81. The summed E-state index contributed by atoms with van der Waals surface area (Å²) < 4.78 is 1.87. The summed E-state index contributed by atoms with van der Waals surface area (Å²) in [5.74, 6) is 0. The van der Waals surface area contributed by atoms with Gasteiger partial charge in [-0.15, -0.1) is 0 Å². The summed E-state index contributed by atoms with van der Waals surface area (Å²) in [5, 5.41) is 21.0. The lowest BCUT2D eigenvalue weighted by Gasteiger charge is -2.26. The van der Waals surface area contributed by atoms with E-state index in [9.17, 15) is 9.90 Å². The van der Waals surface area contributed by atoms with E-state index in [1.165, 1.54) is 0 Å². The molecule has 0 bridgehead atoms. The van der Waals surface area contributed by atoms with Crippen molar-refractivity contribution in [3.63, 3.8) is 0 Å². The van der Waals surface area contributed by atoms with Crippen molar-refractivity contribution in [2.24, 2.45) is 7.05 Å². The Morgan fingerprint density at radius 2 is 2.04 bits per heavy atom. The Labute approximate surface area is 135 Å². The fourth-order valence-corrected chi connectivity index (χ4v) is 3.22. The fourth-order valence-electron chi connectivity index (χ4n) is 3.22. The van der Waals surface area contributed by atoms with Gasteiger partial charge in [-0.2, -0.15) is 5.10 Å². The highest BCUT2D eigenvalue weighted by molar-refractivity contribution is 5.82. The first kappa shape index (κ1) is 15.8. The number of nitrogens with zero attached hydrogens (tertiary/aromatic N) is 2. The third-order valence-corrected chi connectivity index (χ3v) is 4.51. The molecule has 1 aliphatic rings. The van der Waals surface area contributed by atoms with Crippen molar-refractivity contribution in [2.75, 3.05) is 6.54 Å². The molecule has 0 atom stereocenters. The topological polar surface area (TPSA) is 79.2 Å². The Balaban J connectivity index is 1.48. The summed E-state index contributed by atoms with van der Waals surface area (Å²) in [7, 11) is 1.93. The number of aliphatic hydroxyl groups is 1. The van der Waals surface area contributed by atoms with Gasteiger partial charge in [-0.25, -0.2) is 4.79 Å². The molecule has 124 valence electrons. The number of benzene rings is 1. The van der Waals surface area contributed by atoms with Crippen molar-refractivity contribution in [3.8, 4) is 0 Å². The van der Waals surface area contributed by atoms with Gasteiger partial charge in [0.2, 0.25) is 0 Å². The van der Waals surface area contributed by atoms with E-state index in [1.807, 2.05) is 29.9 Å². The predicted molar refractivity (Wildman–Crippen MR) is 89.2 cm³/mol. The molecule has 0 saturated heterocycles. The van der Waals surface area contributed by atoms with Crippen molar-refractivity contribution < 1.29 is 9.90 Å². The number of carbonyl (C=O) groups excluding carboxylic acids is 1. The highest BCUT2D eigenvalue weighted by atomic mass is 16.3. The van der Waals surface area contributed by atoms with E-state index in [0.717, 1.165) is 42.3 Å². The summed E-state index contributed by atoms with van der Waals surface area (Å²) in [4.78, 5) is 11.9. The van der Waals surface area contributed by atoms with Crippen molar-refractivity contribution in [1.82, 2.24) is 20.4 Å². The van der Waals surface area contributed by atoms with Crippen LogP contribution >= 0.6 is 0 Å². The molecule has 0 radical (unpaired) electrons. The van der Waals surface area contributed by atoms with Gasteiger partial charge in [0.15, 0.2) is 0 Å². The maximum absolute atomic E-state index is 11.9. The number of urea groups is 1. The van der Waals surface area contributed by atoms with Gasteiger partial charge >= 0.3 is 6.03 Å². The van der Waals surface area contributed by atoms with Crippen LogP contribution in [0.4, 0.5) is 4.79 Å². The van der Waals surface area contributed by atoms with Gasteiger partial charge in [-0.3, -0.25) is 4.68 Å². The summed E-state index contributed by atoms with van der Waals surface area (Å²) in [6.45, 7) is 0.558. The van der Waals surface area contributed by atoms with Crippen LogP contribution in [0.15, 0.2) is 24.3 Å². The average Bonchev–Trinajstić information content (AvgIpc) is 2.87. The smallest absolute Gasteiger partial charge is 0.315 e. The van der Waals surface area contributed by atoms with E-state index in [1.54, 1.807) is 0 Å². The third kappa shape index (κ3) is 3.82. The van der Waals surface area contributed by atoms with E-state index in [2.05, 4.69) is 21.8 Å². The first-order chi connectivity index (χ1) is 11.1. The predicted octanol–water partition coefficient (Wildman–Crippen LogP) is 1.72. The van der Waals surface area contributed by atoms with Crippen LogP contribution in [-0.4, -0.2) is 39.6 Å². The molecule has 6 heteroatoms. The number of hydrogen-bond acceptors (Lipinski definition) is 3. The summed E-state index contributed by atoms with van der Waals surface area (Å²) in [5.41, 5.74) is 2.11. The number of hydrogen-bond donors (Lipinski definition) is 3. The van der Waals surface area contributed by atoms with Crippen molar-refractivity contribution in [2.45, 2.75) is 44.2 Å². The summed E-state index contributed by atoms with van der Waals surface area (Å²) in [6, 6.07) is 8.15. The molecular formula is C17H24N4O2. The molecule has 3 N–H and O–H groups in total. The highest BCUT2D eigenvalue weighted by Crippen LogP contribution is 2.18. The van der Waals surface area contributed by atoms with Crippen molar-refractivity contribution in [1.29, 1.82) is 0 Å². The van der Waals surface area contributed by atoms with Gasteiger partial charge in [0.25, 0.3) is 0 Å². The molecule has 1 aromatic carbocycles. The van der Waals surface area contributed by atoms with Crippen LogP contribution in [0.25, 0.3) is 10.9 Å². The number of para-hydroxylation sites is 1. The molecule has 6 nitrogen and oxygen atoms in total. The van der Waals surface area contributed by atoms with E-state index >= 15 is 0 Å². The minimum Gasteiger partial charge on any atom is -0.393 e. The monoisotopic (exact) mass is 316 g/mol. The number of rotatable bonds is 4. The highest BCUT2D eigenvalue weighted by Gasteiger charge is 2.20. The average molecular weight is 316 g/mol. The Hall–Kier alpha value is -2.08. The number of aryl methyl sites for hydroxylation is 1. The largest absolute Gasteiger partial charge is 0.393 e. The van der Waals surface area contributed by atoms with E-state index in [0.29, 0.717) is 13.0 Å². The molecular weight excluding hydrogens is 292 g/mol. The van der Waals surface area contributed by atoms with Gasteiger partial charge in [0, 0.05) is 31.4 Å². The summed E-state index contributed by atoms with van der Waals surface area (Å²) >= 11 is 0. The molecule has 1 aromatic heterocycles. The second-order valence-electron chi connectivity index (χ2n) is 6.24. The Bertz CT molecular complexity index is 674. The number of nitrogens with one attached hydrogen (secondary N) is 2. The molecule has 1 saturated carbocycles.